The number of nitrogens with zero attached hydrogens (tertiary/aromatic N) is 2. The minimum Gasteiger partial charge on any atom is -0.489 e. The molecule has 0 saturated heterocycles. The van der Waals surface area contributed by atoms with Crippen molar-refractivity contribution in [2.75, 3.05) is 12.5 Å². The molecule has 8 heteroatoms. The van der Waals surface area contributed by atoms with Crippen LogP contribution >= 0.6 is 34.8 Å². The van der Waals surface area contributed by atoms with E-state index in [0.29, 0.717) is 39.8 Å². The van der Waals surface area contributed by atoms with E-state index in [9.17, 15) is 0 Å². The fourth-order valence-electron chi connectivity index (χ4n) is 2.95. The molecule has 0 aliphatic rings. The minimum absolute atomic E-state index is 0.126. The summed E-state index contributed by atoms with van der Waals surface area (Å²) in [4.78, 5) is 3.82. The number of benzene rings is 2. The van der Waals surface area contributed by atoms with Crippen LogP contribution in [0.1, 0.15) is 36.4 Å². The van der Waals surface area contributed by atoms with Crippen molar-refractivity contribution in [3.63, 3.8) is 0 Å². The number of aromatic nitrogens is 1. The predicted octanol–water partition coefficient (Wildman–Crippen LogP) is 6.38. The molecule has 0 atom stereocenters. The highest BCUT2D eigenvalue weighted by Crippen LogP contribution is 2.40. The highest BCUT2D eigenvalue weighted by Gasteiger charge is 2.25. The zero-order valence-corrected chi connectivity index (χ0v) is 18.7. The molecule has 0 unspecified atom stereocenters. The summed E-state index contributed by atoms with van der Waals surface area (Å²) in [7, 11) is 0. The molecule has 1 heterocycles. The van der Waals surface area contributed by atoms with Gasteiger partial charge in [-0.3, -0.25) is 0 Å². The average molecular weight is 466 g/mol. The number of oxazole rings is 1. The molecule has 0 bridgehead atoms. The number of halogens is 3. The fraction of sp³-hybridized carbons (Fsp3) is 0.273. The van der Waals surface area contributed by atoms with Crippen LogP contribution in [-0.4, -0.2) is 17.5 Å². The lowest BCUT2D eigenvalue weighted by atomic mass is 9.78. The third kappa shape index (κ3) is 4.84. The smallest absolute Gasteiger partial charge is 0.185 e. The Bertz CT molecular complexity index is 1030. The van der Waals surface area contributed by atoms with Gasteiger partial charge in [0, 0.05) is 5.41 Å². The maximum absolute atomic E-state index is 8.98. The molecule has 0 N–H and O–H groups in total. The van der Waals surface area contributed by atoms with Gasteiger partial charge in [0.05, 0.1) is 15.9 Å². The van der Waals surface area contributed by atoms with E-state index >= 15 is 0 Å². The van der Waals surface area contributed by atoms with Crippen LogP contribution in [0.25, 0.3) is 0 Å². The number of rotatable bonds is 8. The lowest BCUT2D eigenvalue weighted by Crippen LogP contribution is -2.19. The predicted molar refractivity (Wildman–Crippen MR) is 117 cm³/mol. The first-order valence-electron chi connectivity index (χ1n) is 9.11. The molecule has 0 spiro atoms. The molecule has 0 fully saturated rings. The molecule has 30 heavy (non-hydrogen) atoms. The molecule has 1 aromatic heterocycles. The van der Waals surface area contributed by atoms with Crippen molar-refractivity contribution in [2.45, 2.75) is 25.9 Å². The van der Waals surface area contributed by atoms with E-state index in [2.05, 4.69) is 18.8 Å². The fourth-order valence-corrected chi connectivity index (χ4v) is 3.62. The van der Waals surface area contributed by atoms with E-state index in [1.54, 1.807) is 0 Å². The Morgan fingerprint density at radius 1 is 1.07 bits per heavy atom. The van der Waals surface area contributed by atoms with Gasteiger partial charge >= 0.3 is 0 Å². The van der Waals surface area contributed by atoms with E-state index in [0.717, 1.165) is 11.1 Å². The van der Waals surface area contributed by atoms with Crippen molar-refractivity contribution in [3.8, 4) is 17.6 Å². The van der Waals surface area contributed by atoms with Gasteiger partial charge in [-0.2, -0.15) is 5.26 Å². The molecule has 2 aromatic carbocycles. The summed E-state index contributed by atoms with van der Waals surface area (Å²) in [6, 6.07) is 13.3. The number of hydrogen-bond acceptors (Lipinski definition) is 5. The van der Waals surface area contributed by atoms with Crippen LogP contribution in [0, 0.1) is 11.3 Å². The minimum atomic E-state index is -0.365. The monoisotopic (exact) mass is 464 g/mol. The Morgan fingerprint density at radius 2 is 1.73 bits per heavy atom. The van der Waals surface area contributed by atoms with Crippen LogP contribution < -0.4 is 9.47 Å². The first kappa shape index (κ1) is 22.3. The Labute approximate surface area is 190 Å². The van der Waals surface area contributed by atoms with Crippen LogP contribution in [0.3, 0.4) is 0 Å². The van der Waals surface area contributed by atoms with Crippen molar-refractivity contribution in [1.82, 2.24) is 4.98 Å². The molecule has 0 aliphatic heterocycles. The summed E-state index contributed by atoms with van der Waals surface area (Å²) in [5.41, 5.74) is 1.86. The van der Waals surface area contributed by atoms with Crippen molar-refractivity contribution >= 4 is 34.8 Å². The molecule has 0 amide bonds. The van der Waals surface area contributed by atoms with E-state index < -0.39 is 0 Å². The van der Waals surface area contributed by atoms with Crippen molar-refractivity contribution in [2.24, 2.45) is 0 Å². The van der Waals surface area contributed by atoms with Gasteiger partial charge in [-0.25, -0.2) is 4.98 Å². The lowest BCUT2D eigenvalue weighted by molar-refractivity contribution is 0.269. The van der Waals surface area contributed by atoms with Crippen LogP contribution in [-0.2, 0) is 12.0 Å². The number of ether oxygens (including phenoxy) is 2. The van der Waals surface area contributed by atoms with E-state index in [-0.39, 0.29) is 17.7 Å². The number of hydrogen-bond donors (Lipinski definition) is 0. The first-order valence-corrected chi connectivity index (χ1v) is 10.4. The quantitative estimate of drug-likeness (QED) is 0.361. The van der Waals surface area contributed by atoms with Gasteiger partial charge in [-0.05, 0) is 35.4 Å². The zero-order chi connectivity index (χ0) is 21.7. The van der Waals surface area contributed by atoms with Crippen LogP contribution in [0.2, 0.25) is 10.0 Å². The highest BCUT2D eigenvalue weighted by atomic mass is 35.5. The molecule has 3 rings (SSSR count). The van der Waals surface area contributed by atoms with Gasteiger partial charge < -0.3 is 13.9 Å². The van der Waals surface area contributed by atoms with Crippen molar-refractivity contribution < 1.29 is 13.9 Å². The van der Waals surface area contributed by atoms with Crippen LogP contribution in [0.4, 0.5) is 0 Å². The van der Waals surface area contributed by atoms with E-state index in [1.165, 1.54) is 6.39 Å². The zero-order valence-electron chi connectivity index (χ0n) is 16.4. The summed E-state index contributed by atoms with van der Waals surface area (Å²) >= 11 is 18.5. The number of nitriles is 1. The van der Waals surface area contributed by atoms with E-state index in [1.807, 2.05) is 42.5 Å². The summed E-state index contributed by atoms with van der Waals surface area (Å²) in [5.74, 6) is 1.83. The second-order valence-electron chi connectivity index (χ2n) is 6.98. The molecule has 156 valence electrons. The summed E-state index contributed by atoms with van der Waals surface area (Å²) in [6.45, 7) is 4.62. The Hall–Kier alpha value is -2.39. The molecule has 5 nitrogen and oxygen atoms in total. The lowest BCUT2D eigenvalue weighted by Gasteiger charge is -2.27. The summed E-state index contributed by atoms with van der Waals surface area (Å²) in [5, 5.41) is 9.86. The topological polar surface area (TPSA) is 68.3 Å². The van der Waals surface area contributed by atoms with Crippen molar-refractivity contribution in [3.05, 3.63) is 75.4 Å². The molecular formula is C22H19Cl3N2O3. The molecular weight excluding hydrogens is 447 g/mol. The van der Waals surface area contributed by atoms with Gasteiger partial charge in [-0.1, -0.05) is 49.2 Å². The van der Waals surface area contributed by atoms with Gasteiger partial charge in [-0.15, -0.1) is 11.6 Å². The van der Waals surface area contributed by atoms with Gasteiger partial charge in [0.25, 0.3) is 0 Å². The van der Waals surface area contributed by atoms with Crippen LogP contribution in [0.15, 0.2) is 47.2 Å². The Kier molecular flexibility index (Phi) is 7.14. The molecule has 3 aromatic rings. The Morgan fingerprint density at radius 3 is 2.33 bits per heavy atom. The van der Waals surface area contributed by atoms with Gasteiger partial charge in [0.1, 0.15) is 25.0 Å². The van der Waals surface area contributed by atoms with E-state index in [4.69, 9.17) is 54.0 Å². The second kappa shape index (κ2) is 9.61. The normalized spacial score (nSPS) is 11.2. The highest BCUT2D eigenvalue weighted by molar-refractivity contribution is 6.37. The summed E-state index contributed by atoms with van der Waals surface area (Å²) in [6.07, 6.45) is 1.23. The molecule has 0 saturated carbocycles. The SMILES string of the molecule is CC(C)(c1ccc(OCc2ocnc2C#N)cc1)c1cc(Cl)c(OCCCl)c(Cl)c1. The third-order valence-corrected chi connectivity index (χ3v) is 5.45. The number of alkyl halides is 1. The van der Waals surface area contributed by atoms with Crippen LogP contribution in [0.5, 0.6) is 11.5 Å². The van der Waals surface area contributed by atoms with Gasteiger partial charge in [0.15, 0.2) is 23.6 Å². The molecule has 0 aliphatic carbocycles. The summed E-state index contributed by atoms with van der Waals surface area (Å²) < 4.78 is 16.4. The largest absolute Gasteiger partial charge is 0.489 e. The third-order valence-electron chi connectivity index (χ3n) is 4.74. The molecule has 0 radical (unpaired) electrons. The Balaban J connectivity index is 1.77. The average Bonchev–Trinajstić information content (AvgIpc) is 3.19. The van der Waals surface area contributed by atoms with Crippen molar-refractivity contribution in [1.29, 1.82) is 5.26 Å². The van der Waals surface area contributed by atoms with Gasteiger partial charge in [0.2, 0.25) is 0 Å². The maximum Gasteiger partial charge on any atom is 0.185 e. The first-order chi connectivity index (χ1) is 14.4. The second-order valence-corrected chi connectivity index (χ2v) is 8.17. The maximum atomic E-state index is 8.98. The standard InChI is InChI=1S/C22H19Cl3N2O3/c1-22(2,15-9-17(24)21(18(25)10-15)28-8-7-23)14-3-5-16(6-4-14)29-12-20-19(11-26)27-13-30-20/h3-6,9-10,13H,7-8,12H2,1-2H3.